The molecule has 3 aromatic rings. The first-order valence-corrected chi connectivity index (χ1v) is 10.4. The maximum atomic E-state index is 12.5. The number of carbonyl (C=O) groups excluding carboxylic acids is 2. The minimum Gasteiger partial charge on any atom is -0.483 e. The molecule has 3 aromatic carbocycles. The first-order valence-electron chi connectivity index (χ1n) is 10.4. The molecule has 160 valence electrons. The number of anilines is 1. The number of hydrogen-bond acceptors (Lipinski definition) is 3. The van der Waals surface area contributed by atoms with Crippen LogP contribution in [0, 0.1) is 0 Å². The van der Waals surface area contributed by atoms with Gasteiger partial charge in [0.2, 0.25) is 0 Å². The molecule has 2 amide bonds. The summed E-state index contributed by atoms with van der Waals surface area (Å²) in [5.41, 5.74) is 3.25. The van der Waals surface area contributed by atoms with Crippen molar-refractivity contribution < 1.29 is 14.3 Å². The van der Waals surface area contributed by atoms with E-state index < -0.39 is 0 Å². The van der Waals surface area contributed by atoms with E-state index in [1.165, 1.54) is 0 Å². The van der Waals surface area contributed by atoms with Crippen LogP contribution in [0.1, 0.15) is 54.2 Å². The van der Waals surface area contributed by atoms with Gasteiger partial charge in [-0.2, -0.15) is 0 Å². The van der Waals surface area contributed by atoms with Crippen LogP contribution >= 0.6 is 0 Å². The largest absolute Gasteiger partial charge is 0.483 e. The maximum Gasteiger partial charge on any atom is 0.262 e. The summed E-state index contributed by atoms with van der Waals surface area (Å²) in [4.78, 5) is 24.8. The lowest BCUT2D eigenvalue weighted by Gasteiger charge is -2.15. The molecule has 3 rings (SSSR count). The average Bonchev–Trinajstić information content (AvgIpc) is 2.78. The van der Waals surface area contributed by atoms with Crippen molar-refractivity contribution in [1.82, 2.24) is 5.32 Å². The molecule has 0 saturated carbocycles. The third-order valence-electron chi connectivity index (χ3n) is 4.98. The molecule has 1 atom stereocenters. The number of ether oxygens (including phenoxy) is 1. The Morgan fingerprint density at radius 1 is 0.839 bits per heavy atom. The fourth-order valence-corrected chi connectivity index (χ4v) is 3.24. The second-order valence-corrected chi connectivity index (χ2v) is 7.71. The molecule has 0 fully saturated rings. The van der Waals surface area contributed by atoms with E-state index in [1.54, 1.807) is 24.3 Å². The molecule has 0 aliphatic rings. The highest BCUT2D eigenvalue weighted by molar-refractivity contribution is 5.96. The molecule has 1 unspecified atom stereocenters. The Kier molecular flexibility index (Phi) is 7.44. The molecule has 0 aliphatic heterocycles. The summed E-state index contributed by atoms with van der Waals surface area (Å²) in [7, 11) is 0. The Hall–Kier alpha value is -3.60. The smallest absolute Gasteiger partial charge is 0.262 e. The zero-order valence-electron chi connectivity index (χ0n) is 18.1. The predicted molar refractivity (Wildman–Crippen MR) is 123 cm³/mol. The SMILES string of the molecule is CC(C)c1ccccc1OCC(=O)Nc1ccc(C(=O)NC(C)c2ccccc2)cc1. The molecule has 2 N–H and O–H groups in total. The quantitative estimate of drug-likeness (QED) is 0.522. The molecule has 0 radical (unpaired) electrons. The summed E-state index contributed by atoms with van der Waals surface area (Å²) < 4.78 is 5.70. The van der Waals surface area contributed by atoms with E-state index in [-0.39, 0.29) is 24.5 Å². The Labute approximate surface area is 183 Å². The second-order valence-electron chi connectivity index (χ2n) is 7.71. The molecule has 0 heterocycles. The number of nitrogens with one attached hydrogen (secondary N) is 2. The molecular formula is C26H28N2O3. The van der Waals surface area contributed by atoms with Gasteiger partial charge in [0, 0.05) is 11.3 Å². The number of hydrogen-bond donors (Lipinski definition) is 2. The van der Waals surface area contributed by atoms with E-state index in [2.05, 4.69) is 24.5 Å². The van der Waals surface area contributed by atoms with Crippen LogP contribution in [0.25, 0.3) is 0 Å². The summed E-state index contributed by atoms with van der Waals surface area (Å²) in [6, 6.07) is 24.2. The van der Waals surface area contributed by atoms with Crippen LogP contribution in [0.5, 0.6) is 5.75 Å². The average molecular weight is 417 g/mol. The van der Waals surface area contributed by atoms with Gasteiger partial charge in [-0.15, -0.1) is 0 Å². The molecule has 0 bridgehead atoms. The van der Waals surface area contributed by atoms with E-state index >= 15 is 0 Å². The van der Waals surface area contributed by atoms with Gasteiger partial charge < -0.3 is 15.4 Å². The highest BCUT2D eigenvalue weighted by atomic mass is 16.5. The van der Waals surface area contributed by atoms with Crippen molar-refractivity contribution in [2.24, 2.45) is 0 Å². The Morgan fingerprint density at radius 2 is 1.48 bits per heavy atom. The van der Waals surface area contributed by atoms with Crippen LogP contribution in [0.4, 0.5) is 5.69 Å². The Balaban J connectivity index is 1.53. The van der Waals surface area contributed by atoms with Crippen molar-refractivity contribution in [3.63, 3.8) is 0 Å². The monoisotopic (exact) mass is 416 g/mol. The first-order chi connectivity index (χ1) is 14.9. The Morgan fingerprint density at radius 3 is 2.16 bits per heavy atom. The van der Waals surface area contributed by atoms with Crippen LogP contribution in [0.3, 0.4) is 0 Å². The number of rotatable bonds is 8. The molecule has 0 spiro atoms. The van der Waals surface area contributed by atoms with Crippen LogP contribution in [0.2, 0.25) is 0 Å². The van der Waals surface area contributed by atoms with E-state index in [9.17, 15) is 9.59 Å². The van der Waals surface area contributed by atoms with Crippen molar-refractivity contribution in [2.45, 2.75) is 32.7 Å². The third kappa shape index (κ3) is 6.19. The zero-order valence-corrected chi connectivity index (χ0v) is 18.1. The number of para-hydroxylation sites is 1. The normalized spacial score (nSPS) is 11.6. The van der Waals surface area contributed by atoms with Gasteiger partial charge >= 0.3 is 0 Å². The van der Waals surface area contributed by atoms with E-state index in [4.69, 9.17) is 4.74 Å². The molecule has 5 nitrogen and oxygen atoms in total. The molecular weight excluding hydrogens is 388 g/mol. The standard InChI is InChI=1S/C26H28N2O3/c1-18(2)23-11-7-8-12-24(23)31-17-25(29)28-22-15-13-21(14-16-22)26(30)27-19(3)20-9-5-4-6-10-20/h4-16,18-19H,17H2,1-3H3,(H,27,30)(H,28,29). The lowest BCUT2D eigenvalue weighted by Crippen LogP contribution is -2.26. The highest BCUT2D eigenvalue weighted by Gasteiger charge is 2.12. The third-order valence-corrected chi connectivity index (χ3v) is 4.98. The van der Waals surface area contributed by atoms with Gasteiger partial charge in [0.15, 0.2) is 6.61 Å². The number of carbonyl (C=O) groups is 2. The molecule has 0 saturated heterocycles. The maximum absolute atomic E-state index is 12.5. The lowest BCUT2D eigenvalue weighted by atomic mass is 10.0. The fourth-order valence-electron chi connectivity index (χ4n) is 3.24. The minimum atomic E-state index is -0.256. The van der Waals surface area contributed by atoms with Crippen LogP contribution in [-0.4, -0.2) is 18.4 Å². The molecule has 0 aliphatic carbocycles. The van der Waals surface area contributed by atoms with Gasteiger partial charge in [-0.3, -0.25) is 9.59 Å². The zero-order chi connectivity index (χ0) is 22.2. The van der Waals surface area contributed by atoms with Gasteiger partial charge in [0.25, 0.3) is 11.8 Å². The van der Waals surface area contributed by atoms with Gasteiger partial charge in [0.1, 0.15) is 5.75 Å². The Bertz CT molecular complexity index is 1010. The van der Waals surface area contributed by atoms with E-state index in [0.717, 1.165) is 11.1 Å². The van der Waals surface area contributed by atoms with Crippen molar-refractivity contribution in [3.8, 4) is 5.75 Å². The van der Waals surface area contributed by atoms with Crippen molar-refractivity contribution in [2.75, 3.05) is 11.9 Å². The number of amides is 2. The van der Waals surface area contributed by atoms with Crippen molar-refractivity contribution in [3.05, 3.63) is 95.6 Å². The van der Waals surface area contributed by atoms with Gasteiger partial charge in [-0.05, 0) is 54.3 Å². The van der Waals surface area contributed by atoms with Crippen molar-refractivity contribution >= 4 is 17.5 Å². The summed E-state index contributed by atoms with van der Waals surface area (Å²) in [5, 5.41) is 5.78. The van der Waals surface area contributed by atoms with E-state index in [0.29, 0.717) is 22.9 Å². The van der Waals surface area contributed by atoms with Gasteiger partial charge in [-0.1, -0.05) is 62.4 Å². The summed E-state index contributed by atoms with van der Waals surface area (Å²) in [6.07, 6.45) is 0. The highest BCUT2D eigenvalue weighted by Crippen LogP contribution is 2.25. The first kappa shape index (κ1) is 22.1. The summed E-state index contributed by atoms with van der Waals surface area (Å²) in [5.74, 6) is 0.603. The predicted octanol–water partition coefficient (Wildman–Crippen LogP) is 5.32. The molecule has 5 heteroatoms. The minimum absolute atomic E-state index is 0.0828. The molecule has 0 aromatic heterocycles. The fraction of sp³-hybridized carbons (Fsp3) is 0.231. The van der Waals surface area contributed by atoms with E-state index in [1.807, 2.05) is 61.5 Å². The molecule has 31 heavy (non-hydrogen) atoms. The van der Waals surface area contributed by atoms with Gasteiger partial charge in [-0.25, -0.2) is 0 Å². The van der Waals surface area contributed by atoms with Crippen LogP contribution in [-0.2, 0) is 4.79 Å². The van der Waals surface area contributed by atoms with Crippen LogP contribution in [0.15, 0.2) is 78.9 Å². The topological polar surface area (TPSA) is 67.4 Å². The number of benzene rings is 3. The summed E-state index contributed by atoms with van der Waals surface area (Å²) in [6.45, 7) is 6.03. The van der Waals surface area contributed by atoms with Crippen molar-refractivity contribution in [1.29, 1.82) is 0 Å². The van der Waals surface area contributed by atoms with Crippen LogP contribution < -0.4 is 15.4 Å². The summed E-state index contributed by atoms with van der Waals surface area (Å²) >= 11 is 0. The van der Waals surface area contributed by atoms with Gasteiger partial charge in [0.05, 0.1) is 6.04 Å². The second kappa shape index (κ2) is 10.4. The lowest BCUT2D eigenvalue weighted by molar-refractivity contribution is -0.118.